The first-order valence-electron chi connectivity index (χ1n) is 5.65. The first-order valence-corrected chi connectivity index (χ1v) is 7.41. The molecule has 1 aromatic carbocycles. The number of thioether (sulfide) groups is 1. The SMILES string of the molecule is O=C(O)c1sccc1CNc1ccccc1SC(F)F. The van der Waals surface area contributed by atoms with Gasteiger partial charge in [-0.3, -0.25) is 0 Å². The van der Waals surface area contributed by atoms with Crippen LogP contribution in [0, 0.1) is 0 Å². The molecule has 3 nitrogen and oxygen atoms in total. The number of halogens is 2. The van der Waals surface area contributed by atoms with E-state index in [0.29, 0.717) is 27.9 Å². The standard InChI is InChI=1S/C13H11F2NO2S2/c14-13(15)20-10-4-2-1-3-9(10)16-7-8-5-6-19-11(8)12(17)18/h1-6,13,16H,7H2,(H,17,18). The zero-order valence-electron chi connectivity index (χ0n) is 10.2. The quantitative estimate of drug-likeness (QED) is 0.777. The second kappa shape index (κ2) is 6.71. The molecule has 7 heteroatoms. The third-order valence-corrected chi connectivity index (χ3v) is 4.25. The minimum absolute atomic E-state index is 0.261. The molecule has 2 aromatic rings. The summed E-state index contributed by atoms with van der Waals surface area (Å²) in [6.45, 7) is 0.284. The average Bonchev–Trinajstić information content (AvgIpc) is 2.85. The number of carbonyl (C=O) groups is 1. The number of carboxylic acid groups (broad SMARTS) is 1. The van der Waals surface area contributed by atoms with Gasteiger partial charge in [0.15, 0.2) is 0 Å². The Balaban J connectivity index is 2.11. The summed E-state index contributed by atoms with van der Waals surface area (Å²) in [5.74, 6) is -3.47. The van der Waals surface area contributed by atoms with Crippen LogP contribution in [-0.4, -0.2) is 16.8 Å². The topological polar surface area (TPSA) is 49.3 Å². The molecule has 2 rings (SSSR count). The zero-order valence-corrected chi connectivity index (χ0v) is 11.8. The normalized spacial score (nSPS) is 10.8. The van der Waals surface area contributed by atoms with Crippen molar-refractivity contribution in [1.82, 2.24) is 0 Å². The Morgan fingerprint density at radius 3 is 2.80 bits per heavy atom. The maximum atomic E-state index is 12.4. The molecule has 0 bridgehead atoms. The van der Waals surface area contributed by atoms with Gasteiger partial charge in [0, 0.05) is 17.1 Å². The van der Waals surface area contributed by atoms with Gasteiger partial charge in [-0.15, -0.1) is 11.3 Å². The Hall–Kier alpha value is -1.60. The number of rotatable bonds is 6. The molecule has 1 heterocycles. The van der Waals surface area contributed by atoms with Crippen molar-refractivity contribution in [2.24, 2.45) is 0 Å². The van der Waals surface area contributed by atoms with Crippen molar-refractivity contribution in [3.63, 3.8) is 0 Å². The van der Waals surface area contributed by atoms with Crippen molar-refractivity contribution in [1.29, 1.82) is 0 Å². The molecule has 1 aromatic heterocycles. The van der Waals surface area contributed by atoms with Gasteiger partial charge in [0.2, 0.25) is 0 Å². The highest BCUT2D eigenvalue weighted by Crippen LogP contribution is 2.32. The predicted molar refractivity (Wildman–Crippen MR) is 76.9 cm³/mol. The van der Waals surface area contributed by atoms with E-state index in [9.17, 15) is 13.6 Å². The molecule has 0 aliphatic rings. The summed E-state index contributed by atoms with van der Waals surface area (Å²) in [4.78, 5) is 11.7. The third kappa shape index (κ3) is 3.71. The van der Waals surface area contributed by atoms with Gasteiger partial charge in [-0.05, 0) is 29.1 Å². The van der Waals surface area contributed by atoms with Crippen molar-refractivity contribution in [2.75, 3.05) is 5.32 Å². The monoisotopic (exact) mass is 315 g/mol. The second-order valence-corrected chi connectivity index (χ2v) is 5.76. The molecule has 0 atom stereocenters. The fourth-order valence-corrected chi connectivity index (χ4v) is 3.04. The van der Waals surface area contributed by atoms with Crippen LogP contribution in [0.1, 0.15) is 15.2 Å². The maximum absolute atomic E-state index is 12.4. The lowest BCUT2D eigenvalue weighted by Gasteiger charge is -2.11. The number of hydrogen-bond acceptors (Lipinski definition) is 4. The second-order valence-electron chi connectivity index (χ2n) is 3.81. The Morgan fingerprint density at radius 1 is 1.35 bits per heavy atom. The molecule has 0 amide bonds. The van der Waals surface area contributed by atoms with Crippen LogP contribution in [0.3, 0.4) is 0 Å². The minimum atomic E-state index is -2.49. The van der Waals surface area contributed by atoms with Gasteiger partial charge in [-0.2, -0.15) is 8.78 Å². The first kappa shape index (κ1) is 14.8. The minimum Gasteiger partial charge on any atom is -0.477 e. The van der Waals surface area contributed by atoms with Crippen LogP contribution in [0.2, 0.25) is 0 Å². The van der Waals surface area contributed by atoms with Gasteiger partial charge in [0.05, 0.1) is 0 Å². The van der Waals surface area contributed by atoms with E-state index >= 15 is 0 Å². The summed E-state index contributed by atoms with van der Waals surface area (Å²) >= 11 is 1.61. The van der Waals surface area contributed by atoms with Gasteiger partial charge in [0.25, 0.3) is 5.76 Å². The molecule has 0 unspecified atom stereocenters. The molecule has 20 heavy (non-hydrogen) atoms. The summed E-state index contributed by atoms with van der Waals surface area (Å²) < 4.78 is 24.9. The van der Waals surface area contributed by atoms with E-state index < -0.39 is 11.7 Å². The Kier molecular flexibility index (Phi) is 4.97. The number of carboxylic acids is 1. The van der Waals surface area contributed by atoms with Crippen molar-refractivity contribution in [2.45, 2.75) is 17.2 Å². The van der Waals surface area contributed by atoms with Gasteiger partial charge >= 0.3 is 5.97 Å². The lowest BCUT2D eigenvalue weighted by molar-refractivity contribution is 0.0701. The predicted octanol–water partition coefficient (Wildman–Crippen LogP) is 4.37. The van der Waals surface area contributed by atoms with Crippen LogP contribution in [0.25, 0.3) is 0 Å². The number of para-hydroxylation sites is 1. The lowest BCUT2D eigenvalue weighted by Crippen LogP contribution is -2.04. The molecule has 0 radical (unpaired) electrons. The largest absolute Gasteiger partial charge is 0.477 e. The number of anilines is 1. The van der Waals surface area contributed by atoms with E-state index in [0.717, 1.165) is 11.3 Å². The Morgan fingerprint density at radius 2 is 2.10 bits per heavy atom. The third-order valence-electron chi connectivity index (χ3n) is 2.51. The van der Waals surface area contributed by atoms with Crippen molar-refractivity contribution >= 4 is 34.8 Å². The van der Waals surface area contributed by atoms with Crippen LogP contribution in [0.5, 0.6) is 0 Å². The Bertz CT molecular complexity index is 602. The van der Waals surface area contributed by atoms with E-state index in [1.165, 1.54) is 0 Å². The van der Waals surface area contributed by atoms with E-state index in [2.05, 4.69) is 5.32 Å². The van der Waals surface area contributed by atoms with Gasteiger partial charge in [0.1, 0.15) is 4.88 Å². The summed E-state index contributed by atoms with van der Waals surface area (Å²) in [5.41, 5.74) is 1.21. The van der Waals surface area contributed by atoms with E-state index in [-0.39, 0.29) is 11.4 Å². The molecule has 0 spiro atoms. The lowest BCUT2D eigenvalue weighted by atomic mass is 10.2. The molecule has 0 aliphatic carbocycles. The highest BCUT2D eigenvalue weighted by Gasteiger charge is 2.13. The van der Waals surface area contributed by atoms with Crippen LogP contribution >= 0.6 is 23.1 Å². The number of hydrogen-bond donors (Lipinski definition) is 2. The Labute approximate surface area is 122 Å². The van der Waals surface area contributed by atoms with Crippen LogP contribution in [-0.2, 0) is 6.54 Å². The first-order chi connectivity index (χ1) is 9.58. The van der Waals surface area contributed by atoms with Crippen LogP contribution < -0.4 is 5.32 Å². The molecule has 0 saturated carbocycles. The van der Waals surface area contributed by atoms with E-state index in [4.69, 9.17) is 5.11 Å². The number of thiophene rings is 1. The number of nitrogens with one attached hydrogen (secondary N) is 1. The van der Waals surface area contributed by atoms with Crippen LogP contribution in [0.15, 0.2) is 40.6 Å². The average molecular weight is 315 g/mol. The highest BCUT2D eigenvalue weighted by atomic mass is 32.2. The summed E-state index contributed by atoms with van der Waals surface area (Å²) in [6.07, 6.45) is 0. The molecule has 0 fully saturated rings. The molecule has 2 N–H and O–H groups in total. The maximum Gasteiger partial charge on any atom is 0.346 e. The molecule has 106 valence electrons. The zero-order chi connectivity index (χ0) is 14.5. The van der Waals surface area contributed by atoms with Crippen molar-refractivity contribution in [3.05, 3.63) is 46.2 Å². The van der Waals surface area contributed by atoms with E-state index in [1.54, 1.807) is 35.7 Å². The fraction of sp³-hybridized carbons (Fsp3) is 0.154. The fourth-order valence-electron chi connectivity index (χ4n) is 1.66. The van der Waals surface area contributed by atoms with Crippen molar-refractivity contribution < 1.29 is 18.7 Å². The smallest absolute Gasteiger partial charge is 0.346 e. The van der Waals surface area contributed by atoms with Gasteiger partial charge in [-0.1, -0.05) is 23.9 Å². The van der Waals surface area contributed by atoms with Gasteiger partial charge in [-0.25, -0.2) is 4.79 Å². The van der Waals surface area contributed by atoms with Crippen LogP contribution in [0.4, 0.5) is 14.5 Å². The van der Waals surface area contributed by atoms with Gasteiger partial charge < -0.3 is 10.4 Å². The summed E-state index contributed by atoms with van der Waals surface area (Å²) in [5, 5.41) is 13.7. The summed E-state index contributed by atoms with van der Waals surface area (Å²) in [7, 11) is 0. The number of benzene rings is 1. The molecular formula is C13H11F2NO2S2. The summed E-state index contributed by atoms with van der Waals surface area (Å²) in [6, 6.07) is 8.43. The van der Waals surface area contributed by atoms with Crippen molar-refractivity contribution in [3.8, 4) is 0 Å². The number of aromatic carboxylic acids is 1. The number of alkyl halides is 2. The molecular weight excluding hydrogens is 304 g/mol. The highest BCUT2D eigenvalue weighted by molar-refractivity contribution is 7.99. The molecule has 0 aliphatic heterocycles. The van der Waals surface area contributed by atoms with E-state index in [1.807, 2.05) is 0 Å². The molecule has 0 saturated heterocycles.